The second kappa shape index (κ2) is 9.25. The van der Waals surface area contributed by atoms with E-state index < -0.39 is 11.9 Å². The molecule has 3 aromatic rings. The first-order chi connectivity index (χ1) is 13.5. The van der Waals surface area contributed by atoms with E-state index in [1.54, 1.807) is 66.7 Å². The molecule has 0 bridgehead atoms. The summed E-state index contributed by atoms with van der Waals surface area (Å²) < 4.78 is 0.641. The van der Waals surface area contributed by atoms with E-state index in [1.807, 2.05) is 0 Å². The van der Waals surface area contributed by atoms with Crippen LogP contribution in [0.25, 0.3) is 0 Å². The molecule has 0 atom stereocenters. The van der Waals surface area contributed by atoms with Crippen molar-refractivity contribution in [3.8, 4) is 0 Å². The summed E-state index contributed by atoms with van der Waals surface area (Å²) in [6, 6.07) is 20.0. The van der Waals surface area contributed by atoms with Gasteiger partial charge in [-0.05, 0) is 70.5 Å². The lowest BCUT2D eigenvalue weighted by atomic mass is 10.2. The Morgan fingerprint density at radius 2 is 1.71 bits per heavy atom. The summed E-state index contributed by atoms with van der Waals surface area (Å²) in [5.74, 6) is -1.02. The fraction of sp³-hybridized carbons (Fsp3) is 0. The molecule has 0 unspecified atom stereocenters. The number of amides is 1. The summed E-state index contributed by atoms with van der Waals surface area (Å²) in [5.41, 5.74) is 4.34. The third-order valence-electron chi connectivity index (χ3n) is 3.55. The Labute approximate surface area is 174 Å². The van der Waals surface area contributed by atoms with Gasteiger partial charge in [0.2, 0.25) is 0 Å². The van der Waals surface area contributed by atoms with Crippen molar-refractivity contribution in [1.29, 1.82) is 0 Å². The zero-order valence-electron chi connectivity index (χ0n) is 14.3. The van der Waals surface area contributed by atoms with Gasteiger partial charge in [0.05, 0.1) is 16.9 Å². The lowest BCUT2D eigenvalue weighted by Crippen LogP contribution is -2.11. The van der Waals surface area contributed by atoms with Gasteiger partial charge >= 0.3 is 5.97 Å². The summed E-state index contributed by atoms with van der Waals surface area (Å²) in [6.07, 6.45) is 0. The van der Waals surface area contributed by atoms with E-state index in [0.29, 0.717) is 32.0 Å². The van der Waals surface area contributed by atoms with E-state index in [4.69, 9.17) is 16.4 Å². The molecule has 0 aliphatic rings. The fourth-order valence-corrected chi connectivity index (χ4v) is 2.80. The number of nitrogens with one attached hydrogen (secondary N) is 1. The van der Waals surface area contributed by atoms with E-state index >= 15 is 0 Å². The highest BCUT2D eigenvalue weighted by Crippen LogP contribution is 2.20. The molecule has 3 aromatic carbocycles. The number of benzene rings is 3. The van der Waals surface area contributed by atoms with Crippen LogP contribution in [0.5, 0.6) is 0 Å². The minimum absolute atomic E-state index is 0.355. The Morgan fingerprint density at radius 3 is 2.43 bits per heavy atom. The molecule has 0 fully saturated rings. The van der Waals surface area contributed by atoms with E-state index in [1.165, 1.54) is 6.07 Å². The van der Waals surface area contributed by atoms with E-state index in [-0.39, 0.29) is 0 Å². The highest BCUT2D eigenvalue weighted by Gasteiger charge is 2.11. The Hall–Kier alpha value is -3.03. The van der Waals surface area contributed by atoms with Gasteiger partial charge in [-0.25, -0.2) is 10.3 Å². The molecule has 0 saturated heterocycles. The number of carbonyl (C=O) groups is 2. The van der Waals surface area contributed by atoms with Gasteiger partial charge in [0.25, 0.3) is 5.91 Å². The molecule has 6 nitrogen and oxygen atoms in total. The van der Waals surface area contributed by atoms with Crippen molar-refractivity contribution in [2.75, 3.05) is 5.48 Å². The SMILES string of the molecule is O=C(N=Nc1ccc(NOC(=O)c2ccccc2Br)cc1)c1cccc(Cl)c1. The average Bonchev–Trinajstić information content (AvgIpc) is 2.71. The first kappa shape index (κ1) is 19.7. The van der Waals surface area contributed by atoms with E-state index in [2.05, 4.69) is 31.6 Å². The minimum atomic E-state index is -0.525. The maximum atomic E-state index is 12.0. The van der Waals surface area contributed by atoms with Crippen LogP contribution in [0, 0.1) is 0 Å². The molecule has 0 spiro atoms. The van der Waals surface area contributed by atoms with Crippen LogP contribution in [0.2, 0.25) is 5.02 Å². The van der Waals surface area contributed by atoms with Crippen LogP contribution in [0.15, 0.2) is 87.5 Å². The first-order valence-electron chi connectivity index (χ1n) is 8.06. The molecule has 140 valence electrons. The smallest absolute Gasteiger partial charge is 0.338 e. The van der Waals surface area contributed by atoms with Crippen molar-refractivity contribution < 1.29 is 14.4 Å². The molecular formula is C20H13BrClN3O3. The average molecular weight is 459 g/mol. The van der Waals surface area contributed by atoms with Crippen molar-refractivity contribution >= 4 is 50.8 Å². The summed E-state index contributed by atoms with van der Waals surface area (Å²) in [6.45, 7) is 0. The van der Waals surface area contributed by atoms with Crippen LogP contribution in [-0.4, -0.2) is 11.9 Å². The van der Waals surface area contributed by atoms with Crippen LogP contribution in [0.4, 0.5) is 11.4 Å². The van der Waals surface area contributed by atoms with Gasteiger partial charge in [0.1, 0.15) is 0 Å². The van der Waals surface area contributed by atoms with Gasteiger partial charge in [-0.2, -0.15) is 0 Å². The van der Waals surface area contributed by atoms with Gasteiger partial charge < -0.3 is 4.84 Å². The minimum Gasteiger partial charge on any atom is -0.338 e. The first-order valence-corrected chi connectivity index (χ1v) is 9.23. The Bertz CT molecular complexity index is 1040. The predicted molar refractivity (Wildman–Crippen MR) is 110 cm³/mol. The van der Waals surface area contributed by atoms with Crippen molar-refractivity contribution in [3.63, 3.8) is 0 Å². The highest BCUT2D eigenvalue weighted by molar-refractivity contribution is 9.10. The lowest BCUT2D eigenvalue weighted by molar-refractivity contribution is 0.0595. The Balaban J connectivity index is 1.58. The predicted octanol–water partition coefficient (Wildman–Crippen LogP) is 6.21. The quantitative estimate of drug-likeness (QED) is 0.364. The highest BCUT2D eigenvalue weighted by atomic mass is 79.9. The molecule has 0 radical (unpaired) electrons. The van der Waals surface area contributed by atoms with Gasteiger partial charge in [0, 0.05) is 15.1 Å². The number of carbonyl (C=O) groups excluding carboxylic acids is 2. The molecule has 1 N–H and O–H groups in total. The third kappa shape index (κ3) is 5.25. The third-order valence-corrected chi connectivity index (χ3v) is 4.48. The molecule has 28 heavy (non-hydrogen) atoms. The van der Waals surface area contributed by atoms with Crippen LogP contribution in [0.3, 0.4) is 0 Å². The topological polar surface area (TPSA) is 80.1 Å². The van der Waals surface area contributed by atoms with Crippen molar-refractivity contribution in [2.24, 2.45) is 10.2 Å². The number of halogens is 2. The van der Waals surface area contributed by atoms with Crippen LogP contribution in [0.1, 0.15) is 20.7 Å². The zero-order chi connectivity index (χ0) is 19.9. The Morgan fingerprint density at radius 1 is 0.964 bits per heavy atom. The van der Waals surface area contributed by atoms with Gasteiger partial charge in [0.15, 0.2) is 0 Å². The maximum Gasteiger partial charge on any atom is 0.363 e. The number of rotatable bonds is 5. The molecule has 0 aromatic heterocycles. The summed E-state index contributed by atoms with van der Waals surface area (Å²) in [4.78, 5) is 29.1. The molecular weight excluding hydrogens is 446 g/mol. The summed E-state index contributed by atoms with van der Waals surface area (Å²) in [5, 5.41) is 8.03. The van der Waals surface area contributed by atoms with E-state index in [0.717, 1.165) is 0 Å². The number of azo groups is 1. The standard InChI is InChI=1S/C20H13BrClN3O3/c21-18-7-2-1-6-17(18)20(27)28-25-16-10-8-15(9-11-16)23-24-19(26)13-4-3-5-14(22)12-13/h1-12,25H. The second-order valence-electron chi connectivity index (χ2n) is 5.53. The van der Waals surface area contributed by atoms with E-state index in [9.17, 15) is 9.59 Å². The second-order valence-corrected chi connectivity index (χ2v) is 6.82. The lowest BCUT2D eigenvalue weighted by Gasteiger charge is -2.07. The number of hydrogen-bond donors (Lipinski definition) is 1. The monoisotopic (exact) mass is 457 g/mol. The molecule has 0 heterocycles. The molecule has 0 aliphatic heterocycles. The maximum absolute atomic E-state index is 12.0. The van der Waals surface area contributed by atoms with Crippen molar-refractivity contribution in [1.82, 2.24) is 0 Å². The summed E-state index contributed by atoms with van der Waals surface area (Å²) >= 11 is 9.15. The molecule has 8 heteroatoms. The number of nitrogens with zero attached hydrogens (tertiary/aromatic N) is 2. The molecule has 0 aliphatic carbocycles. The zero-order valence-corrected chi connectivity index (χ0v) is 16.6. The fourth-order valence-electron chi connectivity index (χ4n) is 2.17. The molecule has 0 saturated carbocycles. The van der Waals surface area contributed by atoms with Gasteiger partial charge in [-0.3, -0.25) is 4.79 Å². The van der Waals surface area contributed by atoms with Gasteiger partial charge in [-0.15, -0.1) is 10.2 Å². The van der Waals surface area contributed by atoms with Crippen LogP contribution in [-0.2, 0) is 4.84 Å². The normalized spacial score (nSPS) is 10.6. The number of hydrogen-bond acceptors (Lipinski definition) is 5. The van der Waals surface area contributed by atoms with Crippen molar-refractivity contribution in [3.05, 3.63) is 93.4 Å². The van der Waals surface area contributed by atoms with Crippen LogP contribution < -0.4 is 5.48 Å². The van der Waals surface area contributed by atoms with Crippen molar-refractivity contribution in [2.45, 2.75) is 0 Å². The number of anilines is 1. The largest absolute Gasteiger partial charge is 0.363 e. The van der Waals surface area contributed by atoms with Gasteiger partial charge in [-0.1, -0.05) is 29.8 Å². The molecule has 1 amide bonds. The van der Waals surface area contributed by atoms with Crippen LogP contribution >= 0.6 is 27.5 Å². The molecule has 3 rings (SSSR count). The Kier molecular flexibility index (Phi) is 6.52. The summed E-state index contributed by atoms with van der Waals surface area (Å²) in [7, 11) is 0.